The van der Waals surface area contributed by atoms with Gasteiger partial charge in [-0.1, -0.05) is 63.6 Å². The number of aromatic hydroxyl groups is 1. The minimum Gasteiger partial charge on any atom is -0.508 e. The van der Waals surface area contributed by atoms with Crippen LogP contribution in [-0.4, -0.2) is 28.0 Å². The summed E-state index contributed by atoms with van der Waals surface area (Å²) in [5.74, 6) is 0.452. The number of benzene rings is 1. The number of nitrogens with two attached hydrogens (primary N) is 1. The van der Waals surface area contributed by atoms with Gasteiger partial charge < -0.3 is 20.6 Å². The molecule has 0 aliphatic carbocycles. The van der Waals surface area contributed by atoms with Gasteiger partial charge in [-0.05, 0) is 24.5 Å². The predicted octanol–water partition coefficient (Wildman–Crippen LogP) is 3.74. The van der Waals surface area contributed by atoms with Crippen LogP contribution in [0, 0.1) is 0 Å². The Bertz CT molecular complexity index is 464. The summed E-state index contributed by atoms with van der Waals surface area (Å²) in [6.07, 6.45) is 10.3. The van der Waals surface area contributed by atoms with E-state index in [2.05, 4.69) is 11.4 Å². The van der Waals surface area contributed by atoms with Crippen LogP contribution >= 0.6 is 7.82 Å². The summed E-state index contributed by atoms with van der Waals surface area (Å²) in [4.78, 5) is 16.0. The summed E-state index contributed by atoms with van der Waals surface area (Å²) in [6, 6.07) is 7.67. The number of hydrogen-bond acceptors (Lipinski definition) is 4. The zero-order valence-electron chi connectivity index (χ0n) is 14.6. The zero-order chi connectivity index (χ0) is 18.3. The molecular weight excluding hydrogens is 329 g/mol. The van der Waals surface area contributed by atoms with E-state index in [4.69, 9.17) is 15.5 Å². The largest absolute Gasteiger partial charge is 0.508 e. The minimum absolute atomic E-state index is 0.107. The van der Waals surface area contributed by atoms with Gasteiger partial charge in [-0.15, -0.1) is 0 Å². The Morgan fingerprint density at radius 2 is 1.62 bits per heavy atom. The van der Waals surface area contributed by atoms with Crippen molar-refractivity contribution in [3.8, 4) is 5.75 Å². The van der Waals surface area contributed by atoms with Crippen LogP contribution < -0.4 is 5.73 Å². The molecule has 5 N–H and O–H groups in total. The van der Waals surface area contributed by atoms with E-state index in [1.807, 2.05) is 18.2 Å². The Morgan fingerprint density at radius 3 is 2.12 bits per heavy atom. The molecule has 0 heterocycles. The Labute approximate surface area is 145 Å². The van der Waals surface area contributed by atoms with E-state index in [0.717, 1.165) is 12.0 Å². The van der Waals surface area contributed by atoms with Crippen molar-refractivity contribution in [3.63, 3.8) is 0 Å². The second kappa shape index (κ2) is 14.4. The zero-order valence-corrected chi connectivity index (χ0v) is 15.5. The lowest BCUT2D eigenvalue weighted by Gasteiger charge is -2.04. The highest BCUT2D eigenvalue weighted by Gasteiger charge is 2.11. The highest BCUT2D eigenvalue weighted by Crippen LogP contribution is 2.34. The molecule has 1 aromatic carbocycles. The maximum absolute atomic E-state index is 9.81. The van der Waals surface area contributed by atoms with Crippen LogP contribution in [0.2, 0.25) is 0 Å². The second-order valence-electron chi connectivity index (χ2n) is 5.61. The van der Waals surface area contributed by atoms with Crippen LogP contribution in [0.25, 0.3) is 0 Å². The molecule has 0 aliphatic rings. The first-order chi connectivity index (χ1) is 11.4. The molecule has 7 heteroatoms. The van der Waals surface area contributed by atoms with Crippen molar-refractivity contribution in [3.05, 3.63) is 29.8 Å². The summed E-state index contributed by atoms with van der Waals surface area (Å²) in [7, 11) is -4.26. The quantitative estimate of drug-likeness (QED) is 0.353. The summed E-state index contributed by atoms with van der Waals surface area (Å²) in [6.45, 7) is 2.26. The molecule has 0 fully saturated rings. The fourth-order valence-corrected chi connectivity index (χ4v) is 2.51. The van der Waals surface area contributed by atoms with Gasteiger partial charge in [0.25, 0.3) is 0 Å². The number of phosphoric acid groups is 1. The number of phenols is 1. The molecule has 140 valence electrons. The number of phenolic OH excluding ortho intramolecular Hbond substituents is 1. The number of rotatable bonds is 11. The Balaban J connectivity index is 0.000000561. The molecule has 0 amide bonds. The average Bonchev–Trinajstić information content (AvgIpc) is 2.53. The van der Waals surface area contributed by atoms with Gasteiger partial charge in [-0.3, -0.25) is 4.52 Å². The molecule has 0 spiro atoms. The van der Waals surface area contributed by atoms with Gasteiger partial charge in [-0.25, -0.2) is 4.57 Å². The molecule has 0 unspecified atom stereocenters. The fourth-order valence-electron chi connectivity index (χ4n) is 2.17. The van der Waals surface area contributed by atoms with Crippen LogP contribution in [0.4, 0.5) is 0 Å². The van der Waals surface area contributed by atoms with Gasteiger partial charge in [0.1, 0.15) is 5.75 Å². The molecule has 1 aromatic rings. The van der Waals surface area contributed by atoms with E-state index < -0.39 is 7.82 Å². The van der Waals surface area contributed by atoms with E-state index in [-0.39, 0.29) is 13.2 Å². The minimum atomic E-state index is -4.26. The van der Waals surface area contributed by atoms with Crippen LogP contribution in [0.5, 0.6) is 5.75 Å². The maximum atomic E-state index is 9.81. The first-order valence-corrected chi connectivity index (χ1v) is 10.1. The smallest absolute Gasteiger partial charge is 0.469 e. The lowest BCUT2D eigenvalue weighted by Crippen LogP contribution is -2.06. The number of unbranched alkanes of at least 4 members (excludes halogenated alkanes) is 6. The van der Waals surface area contributed by atoms with Gasteiger partial charge in [0.15, 0.2) is 0 Å². The van der Waals surface area contributed by atoms with Gasteiger partial charge in [0, 0.05) is 6.54 Å². The van der Waals surface area contributed by atoms with Gasteiger partial charge in [-0.2, -0.15) is 0 Å². The summed E-state index contributed by atoms with van der Waals surface area (Å²) in [5.41, 5.74) is 5.96. The first kappa shape index (κ1) is 23.1. The molecule has 0 bridgehead atoms. The molecule has 0 saturated carbocycles. The third kappa shape index (κ3) is 14.7. The molecule has 1 rings (SSSR count). The highest BCUT2D eigenvalue weighted by molar-refractivity contribution is 7.46. The SMILES string of the molecule is CCCCCCCCCc1ccccc1O.NCCOP(=O)(O)O. The lowest BCUT2D eigenvalue weighted by molar-refractivity contribution is 0.202. The van der Waals surface area contributed by atoms with Gasteiger partial charge in [0.2, 0.25) is 0 Å². The molecule has 0 aromatic heterocycles. The molecule has 0 atom stereocenters. The number of aryl methyl sites for hydroxylation is 1. The molecule has 0 saturated heterocycles. The van der Waals surface area contributed by atoms with E-state index >= 15 is 0 Å². The Kier molecular flexibility index (Phi) is 13.9. The van der Waals surface area contributed by atoms with E-state index in [1.165, 1.54) is 44.9 Å². The van der Waals surface area contributed by atoms with Crippen LogP contribution in [-0.2, 0) is 15.5 Å². The first-order valence-electron chi connectivity index (χ1n) is 8.57. The van der Waals surface area contributed by atoms with E-state index in [0.29, 0.717) is 5.75 Å². The van der Waals surface area contributed by atoms with Crippen LogP contribution in [0.15, 0.2) is 24.3 Å². The van der Waals surface area contributed by atoms with Crippen molar-refractivity contribution >= 4 is 7.82 Å². The second-order valence-corrected chi connectivity index (χ2v) is 6.85. The van der Waals surface area contributed by atoms with Gasteiger partial charge in [0.05, 0.1) is 6.61 Å². The maximum Gasteiger partial charge on any atom is 0.469 e. The lowest BCUT2D eigenvalue weighted by atomic mass is 10.0. The highest BCUT2D eigenvalue weighted by atomic mass is 31.2. The summed E-state index contributed by atoms with van der Waals surface area (Å²) >= 11 is 0. The van der Waals surface area contributed by atoms with Crippen LogP contribution in [0.1, 0.15) is 57.4 Å². The normalized spacial score (nSPS) is 11.0. The third-order valence-corrected chi connectivity index (χ3v) is 3.94. The van der Waals surface area contributed by atoms with Crippen molar-refractivity contribution < 1.29 is 24.0 Å². The van der Waals surface area contributed by atoms with Crippen molar-refractivity contribution in [2.75, 3.05) is 13.2 Å². The molecule has 6 nitrogen and oxygen atoms in total. The Hall–Kier alpha value is -0.910. The predicted molar refractivity (Wildman–Crippen MR) is 96.9 cm³/mol. The molecular formula is C17H32NO5P. The Morgan fingerprint density at radius 1 is 1.04 bits per heavy atom. The van der Waals surface area contributed by atoms with Gasteiger partial charge >= 0.3 is 7.82 Å². The van der Waals surface area contributed by atoms with Crippen LogP contribution in [0.3, 0.4) is 0 Å². The summed E-state index contributed by atoms with van der Waals surface area (Å²) in [5, 5.41) is 9.58. The number of hydrogen-bond donors (Lipinski definition) is 4. The molecule has 0 radical (unpaired) electrons. The average molecular weight is 361 g/mol. The van der Waals surface area contributed by atoms with E-state index in [1.54, 1.807) is 6.07 Å². The number of para-hydroxylation sites is 1. The third-order valence-electron chi connectivity index (χ3n) is 3.42. The number of phosphoric ester groups is 1. The van der Waals surface area contributed by atoms with Crippen molar-refractivity contribution in [2.24, 2.45) is 5.73 Å². The topological polar surface area (TPSA) is 113 Å². The fraction of sp³-hybridized carbons (Fsp3) is 0.647. The molecule has 0 aliphatic heterocycles. The van der Waals surface area contributed by atoms with Crippen molar-refractivity contribution in [2.45, 2.75) is 58.3 Å². The molecule has 24 heavy (non-hydrogen) atoms. The standard InChI is InChI=1S/C15H24O.C2H8NO4P/c1-2-3-4-5-6-7-8-11-14-12-9-10-13-15(14)16;3-1-2-7-8(4,5)6/h9-10,12-13,16H,2-8,11H2,1H3;1-3H2,(H2,4,5,6). The van der Waals surface area contributed by atoms with Crippen molar-refractivity contribution in [1.82, 2.24) is 0 Å². The summed E-state index contributed by atoms with van der Waals surface area (Å²) < 4.78 is 13.7. The van der Waals surface area contributed by atoms with E-state index in [9.17, 15) is 9.67 Å². The monoisotopic (exact) mass is 361 g/mol. The van der Waals surface area contributed by atoms with Crippen molar-refractivity contribution in [1.29, 1.82) is 0 Å².